The van der Waals surface area contributed by atoms with Gasteiger partial charge in [0.1, 0.15) is 5.75 Å². The lowest BCUT2D eigenvalue weighted by molar-refractivity contribution is -0.139. The Balaban J connectivity index is 1.25. The minimum absolute atomic E-state index is 0.0374. The minimum atomic E-state index is -0.620. The fraction of sp³-hybridized carbons (Fsp3) is 0.280. The zero-order valence-corrected chi connectivity index (χ0v) is 18.4. The van der Waals surface area contributed by atoms with Crippen molar-refractivity contribution in [1.82, 2.24) is 0 Å². The fourth-order valence-electron chi connectivity index (χ4n) is 4.69. The Bertz CT molecular complexity index is 1150. The van der Waals surface area contributed by atoms with E-state index in [0.29, 0.717) is 29.2 Å². The molecule has 2 aromatic rings. The largest absolute Gasteiger partial charge is 0.426 e. The molecule has 0 unspecified atom stereocenters. The van der Waals surface area contributed by atoms with Crippen molar-refractivity contribution in [3.05, 3.63) is 65.7 Å². The fourth-order valence-corrected chi connectivity index (χ4v) is 4.92. The molecule has 0 bridgehead atoms. The number of benzene rings is 2. The van der Waals surface area contributed by atoms with Crippen LogP contribution in [0.5, 0.6) is 5.75 Å². The maximum Gasteiger partial charge on any atom is 0.316 e. The van der Waals surface area contributed by atoms with Gasteiger partial charge >= 0.3 is 5.97 Å². The third-order valence-electron chi connectivity index (χ3n) is 6.42. The molecule has 8 heteroatoms. The smallest absolute Gasteiger partial charge is 0.316 e. The van der Waals surface area contributed by atoms with E-state index >= 15 is 0 Å². The number of esters is 1. The van der Waals surface area contributed by atoms with E-state index < -0.39 is 11.9 Å². The molecule has 2 saturated heterocycles. The zero-order chi connectivity index (χ0) is 23.1. The van der Waals surface area contributed by atoms with E-state index in [2.05, 4.69) is 0 Å². The van der Waals surface area contributed by atoms with Gasteiger partial charge in [0.15, 0.2) is 0 Å². The van der Waals surface area contributed by atoms with Gasteiger partial charge in [-0.15, -0.1) is 0 Å². The van der Waals surface area contributed by atoms with Crippen molar-refractivity contribution in [3.63, 3.8) is 0 Å². The van der Waals surface area contributed by atoms with Crippen LogP contribution in [0.1, 0.15) is 19.3 Å². The molecule has 3 amide bonds. The van der Waals surface area contributed by atoms with Crippen LogP contribution in [0.4, 0.5) is 11.4 Å². The Morgan fingerprint density at radius 3 is 2.18 bits per heavy atom. The Kier molecular flexibility index (Phi) is 5.50. The number of fused-ring (bicyclic) bond motifs is 1. The lowest BCUT2D eigenvalue weighted by atomic mass is 9.85. The van der Waals surface area contributed by atoms with Crippen molar-refractivity contribution in [2.45, 2.75) is 19.3 Å². The molecule has 168 valence electrons. The molecule has 0 spiro atoms. The Morgan fingerprint density at radius 2 is 1.55 bits per heavy atom. The van der Waals surface area contributed by atoms with Crippen LogP contribution < -0.4 is 14.5 Å². The van der Waals surface area contributed by atoms with E-state index in [1.807, 2.05) is 12.2 Å². The number of carbonyl (C=O) groups excluding carboxylic acids is 4. The molecule has 3 aliphatic rings. The topological polar surface area (TPSA) is 84.0 Å². The number of anilines is 2. The molecular formula is C25H21ClN2O5. The number of carbonyl (C=O) groups is 4. The van der Waals surface area contributed by atoms with E-state index in [-0.39, 0.29) is 48.3 Å². The number of halogens is 1. The number of ether oxygens (including phenoxy) is 1. The minimum Gasteiger partial charge on any atom is -0.426 e. The second-order valence-electron chi connectivity index (χ2n) is 8.44. The van der Waals surface area contributed by atoms with Crippen LogP contribution in [-0.4, -0.2) is 30.2 Å². The maximum absolute atomic E-state index is 12.7. The van der Waals surface area contributed by atoms with Gasteiger partial charge in [-0.25, -0.2) is 0 Å². The molecule has 2 aliphatic heterocycles. The lowest BCUT2D eigenvalue weighted by Gasteiger charge is -2.18. The molecule has 7 nitrogen and oxygen atoms in total. The van der Waals surface area contributed by atoms with Crippen LogP contribution >= 0.6 is 11.6 Å². The normalized spacial score (nSPS) is 24.4. The summed E-state index contributed by atoms with van der Waals surface area (Å²) < 4.78 is 5.48. The molecule has 2 fully saturated rings. The van der Waals surface area contributed by atoms with Crippen molar-refractivity contribution in [1.29, 1.82) is 0 Å². The van der Waals surface area contributed by atoms with Gasteiger partial charge in [-0.3, -0.25) is 24.1 Å². The first-order valence-electron chi connectivity index (χ1n) is 10.8. The van der Waals surface area contributed by atoms with Gasteiger partial charge in [0.25, 0.3) is 0 Å². The summed E-state index contributed by atoms with van der Waals surface area (Å²) in [5.74, 6) is -2.04. The van der Waals surface area contributed by atoms with E-state index in [0.717, 1.165) is 0 Å². The first kappa shape index (κ1) is 21.4. The maximum atomic E-state index is 12.7. The molecule has 2 heterocycles. The second-order valence-corrected chi connectivity index (χ2v) is 8.85. The summed E-state index contributed by atoms with van der Waals surface area (Å²) in [4.78, 5) is 53.3. The number of nitrogens with zero attached hydrogens (tertiary/aromatic N) is 2. The van der Waals surface area contributed by atoms with Crippen LogP contribution in [0.15, 0.2) is 60.7 Å². The van der Waals surface area contributed by atoms with Gasteiger partial charge in [-0.05, 0) is 49.2 Å². The molecule has 1 aliphatic carbocycles. The van der Waals surface area contributed by atoms with Crippen LogP contribution in [0.2, 0.25) is 5.02 Å². The van der Waals surface area contributed by atoms with Gasteiger partial charge in [-0.2, -0.15) is 0 Å². The third kappa shape index (κ3) is 3.82. The summed E-state index contributed by atoms with van der Waals surface area (Å²) >= 11 is 6.19. The van der Waals surface area contributed by atoms with Crippen LogP contribution in [0.3, 0.4) is 0 Å². The van der Waals surface area contributed by atoms with E-state index in [1.54, 1.807) is 48.5 Å². The highest BCUT2D eigenvalue weighted by Gasteiger charge is 2.47. The quantitative estimate of drug-likeness (QED) is 0.298. The SMILES string of the molecule is O=C(Oc1ccc(N2C(=O)[C@@H]3CC=CC[C@H]3C2=O)cc1)[C@H]1CC(=O)N(c2ccccc2Cl)C1. The number of amides is 3. The van der Waals surface area contributed by atoms with Crippen LogP contribution in [0, 0.1) is 17.8 Å². The van der Waals surface area contributed by atoms with Crippen molar-refractivity contribution in [2.75, 3.05) is 16.3 Å². The monoisotopic (exact) mass is 464 g/mol. The summed E-state index contributed by atoms with van der Waals surface area (Å²) in [6.07, 6.45) is 5.08. The van der Waals surface area contributed by atoms with E-state index in [9.17, 15) is 19.2 Å². The van der Waals surface area contributed by atoms with Gasteiger partial charge in [-0.1, -0.05) is 35.9 Å². The van der Waals surface area contributed by atoms with Crippen molar-refractivity contribution < 1.29 is 23.9 Å². The van der Waals surface area contributed by atoms with Crippen LogP contribution in [-0.2, 0) is 19.2 Å². The van der Waals surface area contributed by atoms with Gasteiger partial charge in [0.05, 0.1) is 34.2 Å². The molecular weight excluding hydrogens is 444 g/mol. The number of allylic oxidation sites excluding steroid dienone is 2. The number of hydrogen-bond acceptors (Lipinski definition) is 5. The predicted molar refractivity (Wildman–Crippen MR) is 122 cm³/mol. The Morgan fingerprint density at radius 1 is 0.909 bits per heavy atom. The van der Waals surface area contributed by atoms with Crippen LogP contribution in [0.25, 0.3) is 0 Å². The standard InChI is InChI=1S/C25H21ClN2O5/c26-20-7-3-4-8-21(20)27-14-15(13-22(27)29)25(32)33-17-11-9-16(10-12-17)28-23(30)18-5-1-2-6-19(18)24(28)31/h1-4,7-12,15,18-19H,5-6,13-14H2/t15-,18+,19+/m0/s1. The highest BCUT2D eigenvalue weighted by atomic mass is 35.5. The molecule has 0 radical (unpaired) electrons. The highest BCUT2D eigenvalue weighted by molar-refractivity contribution is 6.33. The number of imide groups is 1. The Hall–Kier alpha value is -3.45. The highest BCUT2D eigenvalue weighted by Crippen LogP contribution is 2.38. The van der Waals surface area contributed by atoms with Gasteiger partial charge in [0, 0.05) is 13.0 Å². The lowest BCUT2D eigenvalue weighted by Crippen LogP contribution is -2.30. The Labute approximate surface area is 195 Å². The summed E-state index contributed by atoms with van der Waals surface area (Å²) in [5, 5.41) is 0.442. The van der Waals surface area contributed by atoms with Gasteiger partial charge < -0.3 is 9.64 Å². The summed E-state index contributed by atoms with van der Waals surface area (Å²) in [5.41, 5.74) is 1.03. The molecule has 2 aromatic carbocycles. The first-order chi connectivity index (χ1) is 15.9. The molecule has 0 aromatic heterocycles. The van der Waals surface area contributed by atoms with E-state index in [4.69, 9.17) is 16.3 Å². The summed E-state index contributed by atoms with van der Waals surface area (Å²) in [6, 6.07) is 13.3. The summed E-state index contributed by atoms with van der Waals surface area (Å²) in [6.45, 7) is 0.188. The average Bonchev–Trinajstić information content (AvgIpc) is 3.33. The molecule has 33 heavy (non-hydrogen) atoms. The predicted octanol–water partition coefficient (Wildman–Crippen LogP) is 3.75. The summed E-state index contributed by atoms with van der Waals surface area (Å²) in [7, 11) is 0. The van der Waals surface area contributed by atoms with E-state index in [1.165, 1.54) is 9.80 Å². The van der Waals surface area contributed by atoms with Crippen molar-refractivity contribution >= 4 is 46.7 Å². The zero-order valence-electron chi connectivity index (χ0n) is 17.6. The molecule has 0 N–H and O–H groups in total. The average molecular weight is 465 g/mol. The molecule has 5 rings (SSSR count). The molecule has 0 saturated carbocycles. The van der Waals surface area contributed by atoms with Crippen molar-refractivity contribution in [2.24, 2.45) is 17.8 Å². The van der Waals surface area contributed by atoms with Crippen molar-refractivity contribution in [3.8, 4) is 5.75 Å². The third-order valence-corrected chi connectivity index (χ3v) is 6.74. The molecule has 3 atom stereocenters. The number of hydrogen-bond donors (Lipinski definition) is 0. The first-order valence-corrected chi connectivity index (χ1v) is 11.2. The van der Waals surface area contributed by atoms with Gasteiger partial charge in [0.2, 0.25) is 17.7 Å². The number of rotatable bonds is 4. The second kappa shape index (κ2) is 8.48. The number of para-hydroxylation sites is 1.